The van der Waals surface area contributed by atoms with Crippen LogP contribution in [0.5, 0.6) is 11.5 Å². The standard InChI is InChI=1S/C19H23ClN2O3/c1-12-7-6-8-16(13(12)2)22(3)11-19(23)21-15-9-14(20)17(24-4)10-18(15)25-5/h6-10H,11H2,1-5H3,(H,21,23). The van der Waals surface area contributed by atoms with Gasteiger partial charge < -0.3 is 19.7 Å². The SMILES string of the molecule is COc1cc(OC)c(NC(=O)CN(C)c2cccc(C)c2C)cc1Cl. The maximum Gasteiger partial charge on any atom is 0.243 e. The molecule has 0 fully saturated rings. The Balaban J connectivity index is 2.15. The molecule has 0 radical (unpaired) electrons. The smallest absolute Gasteiger partial charge is 0.243 e. The summed E-state index contributed by atoms with van der Waals surface area (Å²) >= 11 is 6.14. The fraction of sp³-hybridized carbons (Fsp3) is 0.316. The Hall–Kier alpha value is -2.40. The Kier molecular flexibility index (Phi) is 6.15. The first-order chi connectivity index (χ1) is 11.9. The summed E-state index contributed by atoms with van der Waals surface area (Å²) < 4.78 is 10.5. The van der Waals surface area contributed by atoms with Crippen LogP contribution in [0.15, 0.2) is 30.3 Å². The molecule has 1 N–H and O–H groups in total. The number of halogens is 1. The lowest BCUT2D eigenvalue weighted by molar-refractivity contribution is -0.114. The van der Waals surface area contributed by atoms with E-state index in [1.807, 2.05) is 31.0 Å². The molecule has 0 unspecified atom stereocenters. The molecule has 1 amide bonds. The molecule has 134 valence electrons. The number of anilines is 2. The van der Waals surface area contributed by atoms with Crippen molar-refractivity contribution >= 4 is 28.9 Å². The van der Waals surface area contributed by atoms with Crippen molar-refractivity contribution in [3.63, 3.8) is 0 Å². The minimum Gasteiger partial charge on any atom is -0.495 e. The van der Waals surface area contributed by atoms with Gasteiger partial charge in [-0.1, -0.05) is 23.7 Å². The molecule has 0 saturated carbocycles. The van der Waals surface area contributed by atoms with E-state index in [2.05, 4.69) is 18.3 Å². The number of likely N-dealkylation sites (N-methyl/N-ethyl adjacent to an activating group) is 1. The van der Waals surface area contributed by atoms with E-state index in [4.69, 9.17) is 21.1 Å². The third-order valence-corrected chi connectivity index (χ3v) is 4.41. The van der Waals surface area contributed by atoms with Gasteiger partial charge in [-0.2, -0.15) is 0 Å². The van der Waals surface area contributed by atoms with E-state index >= 15 is 0 Å². The number of nitrogens with zero attached hydrogens (tertiary/aromatic N) is 1. The van der Waals surface area contributed by atoms with Crippen LogP contribution in [0, 0.1) is 13.8 Å². The average Bonchev–Trinajstić information content (AvgIpc) is 2.57. The Bertz CT molecular complexity index is 778. The summed E-state index contributed by atoms with van der Waals surface area (Å²) in [4.78, 5) is 14.4. The fourth-order valence-electron chi connectivity index (χ4n) is 2.60. The van der Waals surface area contributed by atoms with Crippen LogP contribution in [0.2, 0.25) is 5.02 Å². The van der Waals surface area contributed by atoms with Crippen LogP contribution in [0.4, 0.5) is 11.4 Å². The molecule has 2 rings (SSSR count). The molecule has 0 saturated heterocycles. The van der Waals surface area contributed by atoms with Crippen LogP contribution in [0.3, 0.4) is 0 Å². The number of rotatable bonds is 6. The molecule has 6 heteroatoms. The summed E-state index contributed by atoms with van der Waals surface area (Å²) in [5.74, 6) is 0.816. The lowest BCUT2D eigenvalue weighted by Crippen LogP contribution is -2.30. The van der Waals surface area contributed by atoms with Crippen molar-refractivity contribution in [2.24, 2.45) is 0 Å². The van der Waals surface area contributed by atoms with Gasteiger partial charge in [0.1, 0.15) is 11.5 Å². The summed E-state index contributed by atoms with van der Waals surface area (Å²) in [6, 6.07) is 9.30. The second-order valence-electron chi connectivity index (χ2n) is 5.81. The van der Waals surface area contributed by atoms with E-state index in [0.29, 0.717) is 22.2 Å². The maximum absolute atomic E-state index is 12.4. The highest BCUT2D eigenvalue weighted by atomic mass is 35.5. The van der Waals surface area contributed by atoms with Crippen molar-refractivity contribution in [3.05, 3.63) is 46.5 Å². The Labute approximate surface area is 153 Å². The summed E-state index contributed by atoms with van der Waals surface area (Å²) in [5.41, 5.74) is 3.87. The topological polar surface area (TPSA) is 50.8 Å². The number of hydrogen-bond acceptors (Lipinski definition) is 4. The van der Waals surface area contributed by atoms with Crippen molar-refractivity contribution in [2.45, 2.75) is 13.8 Å². The van der Waals surface area contributed by atoms with Crippen LogP contribution in [0.25, 0.3) is 0 Å². The Morgan fingerprint density at radius 2 is 1.84 bits per heavy atom. The first-order valence-corrected chi connectivity index (χ1v) is 8.24. The molecule has 0 aliphatic heterocycles. The second-order valence-corrected chi connectivity index (χ2v) is 6.22. The number of nitrogens with one attached hydrogen (secondary N) is 1. The Morgan fingerprint density at radius 3 is 2.48 bits per heavy atom. The van der Waals surface area contributed by atoms with Gasteiger partial charge in [0.25, 0.3) is 0 Å². The van der Waals surface area contributed by atoms with Crippen LogP contribution in [-0.4, -0.2) is 33.7 Å². The van der Waals surface area contributed by atoms with Gasteiger partial charge in [-0.05, 0) is 37.1 Å². The van der Waals surface area contributed by atoms with E-state index < -0.39 is 0 Å². The number of methoxy groups -OCH3 is 2. The van der Waals surface area contributed by atoms with Crippen molar-refractivity contribution in [1.82, 2.24) is 0 Å². The first-order valence-electron chi connectivity index (χ1n) is 7.86. The van der Waals surface area contributed by atoms with Crippen LogP contribution in [0.1, 0.15) is 11.1 Å². The molecule has 25 heavy (non-hydrogen) atoms. The third-order valence-electron chi connectivity index (χ3n) is 4.12. The normalized spacial score (nSPS) is 10.3. The molecule has 0 aliphatic carbocycles. The quantitative estimate of drug-likeness (QED) is 0.842. The number of amides is 1. The lowest BCUT2D eigenvalue weighted by Gasteiger charge is -2.22. The number of benzene rings is 2. The Morgan fingerprint density at radius 1 is 1.16 bits per heavy atom. The zero-order valence-electron chi connectivity index (χ0n) is 15.1. The number of hydrogen-bond donors (Lipinski definition) is 1. The van der Waals surface area contributed by atoms with Crippen molar-refractivity contribution in [1.29, 1.82) is 0 Å². The predicted octanol–water partition coefficient (Wildman–Crippen LogP) is 4.05. The van der Waals surface area contributed by atoms with E-state index in [1.54, 1.807) is 12.1 Å². The van der Waals surface area contributed by atoms with Gasteiger partial charge in [0, 0.05) is 18.8 Å². The molecular formula is C19H23ClN2O3. The summed E-state index contributed by atoms with van der Waals surface area (Å²) in [7, 11) is 4.94. The highest BCUT2D eigenvalue weighted by Gasteiger charge is 2.15. The van der Waals surface area contributed by atoms with Crippen LogP contribution in [-0.2, 0) is 4.79 Å². The van der Waals surface area contributed by atoms with Crippen LogP contribution < -0.4 is 19.7 Å². The predicted molar refractivity (Wildman–Crippen MR) is 102 cm³/mol. The van der Waals surface area contributed by atoms with E-state index in [1.165, 1.54) is 19.8 Å². The first kappa shape index (κ1) is 18.9. The molecule has 0 aromatic heterocycles. The van der Waals surface area contributed by atoms with Gasteiger partial charge in [-0.3, -0.25) is 4.79 Å². The van der Waals surface area contributed by atoms with Crippen molar-refractivity contribution < 1.29 is 14.3 Å². The van der Waals surface area contributed by atoms with Gasteiger partial charge in [-0.15, -0.1) is 0 Å². The number of carbonyl (C=O) groups excluding carboxylic acids is 1. The highest BCUT2D eigenvalue weighted by Crippen LogP contribution is 2.35. The van der Waals surface area contributed by atoms with Crippen molar-refractivity contribution in [2.75, 3.05) is 38.0 Å². The summed E-state index contributed by atoms with van der Waals surface area (Å²) in [6.45, 7) is 4.30. The minimum atomic E-state index is -0.164. The molecule has 0 aliphatic rings. The molecule has 2 aromatic carbocycles. The van der Waals surface area contributed by atoms with Gasteiger partial charge in [-0.25, -0.2) is 0 Å². The third kappa shape index (κ3) is 4.37. The minimum absolute atomic E-state index is 0.164. The van der Waals surface area contributed by atoms with E-state index in [9.17, 15) is 4.79 Å². The average molecular weight is 363 g/mol. The second kappa shape index (κ2) is 8.12. The molecule has 0 bridgehead atoms. The van der Waals surface area contributed by atoms with Gasteiger partial charge in [0.05, 0.1) is 31.5 Å². The van der Waals surface area contributed by atoms with Crippen molar-refractivity contribution in [3.8, 4) is 11.5 Å². The molecule has 0 atom stereocenters. The molecular weight excluding hydrogens is 340 g/mol. The summed E-state index contributed by atoms with van der Waals surface area (Å²) in [6.07, 6.45) is 0. The molecule has 0 spiro atoms. The molecule has 0 heterocycles. The van der Waals surface area contributed by atoms with Gasteiger partial charge in [0.2, 0.25) is 5.91 Å². The molecule has 2 aromatic rings. The number of carbonyl (C=O) groups is 1. The monoisotopic (exact) mass is 362 g/mol. The van der Waals surface area contributed by atoms with E-state index in [-0.39, 0.29) is 12.5 Å². The van der Waals surface area contributed by atoms with E-state index in [0.717, 1.165) is 11.3 Å². The van der Waals surface area contributed by atoms with Gasteiger partial charge in [0.15, 0.2) is 0 Å². The molecule has 5 nitrogen and oxygen atoms in total. The van der Waals surface area contributed by atoms with Crippen LogP contribution >= 0.6 is 11.6 Å². The highest BCUT2D eigenvalue weighted by molar-refractivity contribution is 6.32. The largest absolute Gasteiger partial charge is 0.495 e. The lowest BCUT2D eigenvalue weighted by atomic mass is 10.1. The van der Waals surface area contributed by atoms with Gasteiger partial charge >= 0.3 is 0 Å². The fourth-order valence-corrected chi connectivity index (χ4v) is 2.84. The summed E-state index contributed by atoms with van der Waals surface area (Å²) in [5, 5.41) is 3.25. The zero-order chi connectivity index (χ0) is 18.6. The zero-order valence-corrected chi connectivity index (χ0v) is 15.9. The number of ether oxygens (including phenoxy) is 2. The maximum atomic E-state index is 12.4. The number of aryl methyl sites for hydroxylation is 1.